The van der Waals surface area contributed by atoms with Crippen LogP contribution in [0.25, 0.3) is 0 Å². The minimum atomic E-state index is 0.217. The molecule has 0 aromatic rings. The summed E-state index contributed by atoms with van der Waals surface area (Å²) in [7, 11) is 1.99. The SMILES string of the molecule is CNCCN1CCOCC1(C)C. The lowest BCUT2D eigenvalue weighted by Gasteiger charge is -2.42. The van der Waals surface area contributed by atoms with Crippen molar-refractivity contribution in [3.8, 4) is 0 Å². The molecule has 72 valence electrons. The summed E-state index contributed by atoms with van der Waals surface area (Å²) in [6.07, 6.45) is 0. The molecule has 3 nitrogen and oxygen atoms in total. The molecule has 3 heteroatoms. The Hall–Kier alpha value is -0.120. The maximum atomic E-state index is 5.43. The van der Waals surface area contributed by atoms with E-state index in [-0.39, 0.29) is 5.54 Å². The van der Waals surface area contributed by atoms with Crippen LogP contribution in [0.4, 0.5) is 0 Å². The summed E-state index contributed by atoms with van der Waals surface area (Å²) in [6, 6.07) is 0. The molecular weight excluding hydrogens is 152 g/mol. The molecule has 1 rings (SSSR count). The lowest BCUT2D eigenvalue weighted by molar-refractivity contribution is -0.0498. The Morgan fingerprint density at radius 3 is 2.83 bits per heavy atom. The van der Waals surface area contributed by atoms with Crippen LogP contribution in [0.3, 0.4) is 0 Å². The summed E-state index contributed by atoms with van der Waals surface area (Å²) in [4.78, 5) is 2.48. The highest BCUT2D eigenvalue weighted by atomic mass is 16.5. The second kappa shape index (κ2) is 4.21. The molecule has 1 aliphatic heterocycles. The topological polar surface area (TPSA) is 24.5 Å². The standard InChI is InChI=1S/C9H20N2O/c1-9(2)8-12-7-6-11(9)5-4-10-3/h10H,4-8H2,1-3H3. The number of nitrogens with zero attached hydrogens (tertiary/aromatic N) is 1. The molecule has 0 amide bonds. The van der Waals surface area contributed by atoms with Gasteiger partial charge in [0.2, 0.25) is 0 Å². The van der Waals surface area contributed by atoms with Gasteiger partial charge in [-0.15, -0.1) is 0 Å². The number of hydrogen-bond acceptors (Lipinski definition) is 3. The van der Waals surface area contributed by atoms with E-state index in [9.17, 15) is 0 Å². The zero-order chi connectivity index (χ0) is 9.03. The van der Waals surface area contributed by atoms with Crippen LogP contribution in [-0.4, -0.2) is 50.3 Å². The summed E-state index contributed by atoms with van der Waals surface area (Å²) in [6.45, 7) is 9.46. The molecule has 0 saturated carbocycles. The van der Waals surface area contributed by atoms with Gasteiger partial charge in [0, 0.05) is 25.2 Å². The number of ether oxygens (including phenoxy) is 1. The molecule has 0 aromatic heterocycles. The van der Waals surface area contributed by atoms with E-state index in [1.165, 1.54) is 0 Å². The number of likely N-dealkylation sites (N-methyl/N-ethyl adjacent to an activating group) is 1. The van der Waals surface area contributed by atoms with E-state index in [1.807, 2.05) is 7.05 Å². The van der Waals surface area contributed by atoms with Crippen molar-refractivity contribution < 1.29 is 4.74 Å². The average Bonchev–Trinajstić information content (AvgIpc) is 2.02. The fraction of sp³-hybridized carbons (Fsp3) is 1.00. The summed E-state index contributed by atoms with van der Waals surface area (Å²) in [5, 5.41) is 3.17. The average molecular weight is 172 g/mol. The lowest BCUT2D eigenvalue weighted by Crippen LogP contribution is -2.54. The van der Waals surface area contributed by atoms with Crippen molar-refractivity contribution >= 4 is 0 Å². The van der Waals surface area contributed by atoms with E-state index in [2.05, 4.69) is 24.1 Å². The van der Waals surface area contributed by atoms with E-state index in [1.54, 1.807) is 0 Å². The molecular formula is C9H20N2O. The number of rotatable bonds is 3. The van der Waals surface area contributed by atoms with Gasteiger partial charge in [-0.25, -0.2) is 0 Å². The van der Waals surface area contributed by atoms with Gasteiger partial charge >= 0.3 is 0 Å². The van der Waals surface area contributed by atoms with Gasteiger partial charge in [0.25, 0.3) is 0 Å². The Kier molecular flexibility index (Phi) is 3.50. The molecule has 1 aliphatic rings. The van der Waals surface area contributed by atoms with Crippen molar-refractivity contribution in [1.82, 2.24) is 10.2 Å². The molecule has 1 N–H and O–H groups in total. The molecule has 0 bridgehead atoms. The van der Waals surface area contributed by atoms with Gasteiger partial charge < -0.3 is 10.1 Å². The first-order chi connectivity index (χ1) is 5.67. The fourth-order valence-corrected chi connectivity index (χ4v) is 1.55. The summed E-state index contributed by atoms with van der Waals surface area (Å²) < 4.78 is 5.43. The number of hydrogen-bond donors (Lipinski definition) is 1. The van der Waals surface area contributed by atoms with Crippen LogP contribution < -0.4 is 5.32 Å². The first kappa shape index (κ1) is 9.96. The van der Waals surface area contributed by atoms with Gasteiger partial charge in [0.05, 0.1) is 13.2 Å². The molecule has 0 radical (unpaired) electrons. The molecule has 0 spiro atoms. The van der Waals surface area contributed by atoms with Gasteiger partial charge in [0.1, 0.15) is 0 Å². The van der Waals surface area contributed by atoms with Crippen LogP contribution in [0.15, 0.2) is 0 Å². The lowest BCUT2D eigenvalue weighted by atomic mass is 10.0. The third kappa shape index (κ3) is 2.44. The minimum absolute atomic E-state index is 0.217. The highest BCUT2D eigenvalue weighted by Crippen LogP contribution is 2.17. The van der Waals surface area contributed by atoms with Crippen molar-refractivity contribution in [1.29, 1.82) is 0 Å². The predicted molar refractivity (Wildman–Crippen MR) is 50.4 cm³/mol. The molecule has 0 unspecified atom stereocenters. The zero-order valence-electron chi connectivity index (χ0n) is 8.39. The zero-order valence-corrected chi connectivity index (χ0v) is 8.39. The second-order valence-corrected chi connectivity index (χ2v) is 3.96. The summed E-state index contributed by atoms with van der Waals surface area (Å²) in [5.41, 5.74) is 0.217. The summed E-state index contributed by atoms with van der Waals surface area (Å²) >= 11 is 0. The van der Waals surface area contributed by atoms with Crippen LogP contribution in [0.1, 0.15) is 13.8 Å². The van der Waals surface area contributed by atoms with Crippen LogP contribution in [0.2, 0.25) is 0 Å². The Labute approximate surface area is 75.1 Å². The van der Waals surface area contributed by atoms with Gasteiger partial charge in [-0.1, -0.05) is 0 Å². The van der Waals surface area contributed by atoms with Crippen molar-refractivity contribution in [3.05, 3.63) is 0 Å². The molecule has 0 aromatic carbocycles. The third-order valence-corrected chi connectivity index (χ3v) is 2.45. The van der Waals surface area contributed by atoms with Gasteiger partial charge in [-0.05, 0) is 20.9 Å². The number of morpholine rings is 1. The molecule has 12 heavy (non-hydrogen) atoms. The summed E-state index contributed by atoms with van der Waals surface area (Å²) in [5.74, 6) is 0. The van der Waals surface area contributed by atoms with Crippen molar-refractivity contribution in [3.63, 3.8) is 0 Å². The van der Waals surface area contributed by atoms with Crippen LogP contribution in [0.5, 0.6) is 0 Å². The Morgan fingerprint density at radius 1 is 1.50 bits per heavy atom. The van der Waals surface area contributed by atoms with Crippen LogP contribution in [0, 0.1) is 0 Å². The van der Waals surface area contributed by atoms with Crippen LogP contribution >= 0.6 is 0 Å². The minimum Gasteiger partial charge on any atom is -0.378 e. The first-order valence-corrected chi connectivity index (χ1v) is 4.64. The van der Waals surface area contributed by atoms with E-state index < -0.39 is 0 Å². The quantitative estimate of drug-likeness (QED) is 0.663. The third-order valence-electron chi connectivity index (χ3n) is 2.45. The molecule has 1 saturated heterocycles. The highest BCUT2D eigenvalue weighted by molar-refractivity contribution is 4.84. The monoisotopic (exact) mass is 172 g/mol. The first-order valence-electron chi connectivity index (χ1n) is 4.64. The largest absolute Gasteiger partial charge is 0.378 e. The van der Waals surface area contributed by atoms with Crippen molar-refractivity contribution in [2.24, 2.45) is 0 Å². The normalized spacial score (nSPS) is 24.2. The Morgan fingerprint density at radius 2 is 2.25 bits per heavy atom. The predicted octanol–water partition coefficient (Wildman–Crippen LogP) is 0.317. The molecule has 1 fully saturated rings. The molecule has 0 atom stereocenters. The Bertz CT molecular complexity index is 136. The maximum Gasteiger partial charge on any atom is 0.0645 e. The van der Waals surface area contributed by atoms with Crippen molar-refractivity contribution in [2.75, 3.05) is 39.9 Å². The van der Waals surface area contributed by atoms with Crippen LogP contribution in [-0.2, 0) is 4.74 Å². The Balaban J connectivity index is 2.37. The smallest absolute Gasteiger partial charge is 0.0645 e. The van der Waals surface area contributed by atoms with E-state index in [0.717, 1.165) is 32.8 Å². The number of nitrogens with one attached hydrogen (secondary N) is 1. The van der Waals surface area contributed by atoms with E-state index >= 15 is 0 Å². The van der Waals surface area contributed by atoms with E-state index in [0.29, 0.717) is 0 Å². The van der Waals surface area contributed by atoms with Gasteiger partial charge in [0.15, 0.2) is 0 Å². The van der Waals surface area contributed by atoms with Gasteiger partial charge in [-0.2, -0.15) is 0 Å². The second-order valence-electron chi connectivity index (χ2n) is 3.96. The maximum absolute atomic E-state index is 5.43. The molecule has 1 heterocycles. The molecule has 0 aliphatic carbocycles. The van der Waals surface area contributed by atoms with E-state index in [4.69, 9.17) is 4.74 Å². The highest BCUT2D eigenvalue weighted by Gasteiger charge is 2.29. The van der Waals surface area contributed by atoms with Gasteiger partial charge in [-0.3, -0.25) is 4.90 Å². The fourth-order valence-electron chi connectivity index (χ4n) is 1.55. The van der Waals surface area contributed by atoms with Crippen molar-refractivity contribution in [2.45, 2.75) is 19.4 Å².